The predicted octanol–water partition coefficient (Wildman–Crippen LogP) is 1.55. The van der Waals surface area contributed by atoms with Gasteiger partial charge in [0.05, 0.1) is 30.0 Å². The molecule has 4 N–H and O–H groups in total. The molecule has 0 spiro atoms. The third kappa shape index (κ3) is 3.78. The molecule has 9 nitrogen and oxygen atoms in total. The van der Waals surface area contributed by atoms with Crippen molar-refractivity contribution in [1.29, 1.82) is 0 Å². The van der Waals surface area contributed by atoms with E-state index in [1.54, 1.807) is 18.2 Å². The maximum absolute atomic E-state index is 12.4. The van der Waals surface area contributed by atoms with Gasteiger partial charge in [-0.05, 0) is 35.9 Å². The van der Waals surface area contributed by atoms with Crippen molar-refractivity contribution < 1.29 is 22.7 Å². The molecule has 2 heterocycles. The highest BCUT2D eigenvalue weighted by molar-refractivity contribution is 7.89. The number of ether oxygens (including phenoxy) is 2. The van der Waals surface area contributed by atoms with E-state index in [0.717, 1.165) is 12.0 Å². The van der Waals surface area contributed by atoms with Crippen molar-refractivity contribution in [3.63, 3.8) is 0 Å². The summed E-state index contributed by atoms with van der Waals surface area (Å²) in [6.45, 7) is 1.18. The van der Waals surface area contributed by atoms with Gasteiger partial charge < -0.3 is 14.8 Å². The number of amides is 1. The molecule has 28 heavy (non-hydrogen) atoms. The Hall–Kier alpha value is -3.11. The van der Waals surface area contributed by atoms with Crippen molar-refractivity contribution in [2.75, 3.05) is 18.5 Å². The lowest BCUT2D eigenvalue weighted by Gasteiger charge is -2.09. The van der Waals surface area contributed by atoms with Crippen molar-refractivity contribution in [2.45, 2.75) is 17.7 Å². The Balaban J connectivity index is 1.50. The van der Waals surface area contributed by atoms with Crippen molar-refractivity contribution in [3.05, 3.63) is 42.0 Å². The molecule has 0 fully saturated rings. The van der Waals surface area contributed by atoms with E-state index in [1.165, 1.54) is 12.1 Å². The van der Waals surface area contributed by atoms with E-state index in [4.69, 9.17) is 14.6 Å². The summed E-state index contributed by atoms with van der Waals surface area (Å²) in [5.74, 6) is 1.35. The van der Waals surface area contributed by atoms with Gasteiger partial charge >= 0.3 is 0 Å². The fraction of sp³-hybridized carbons (Fsp3) is 0.222. The SMILES string of the molecule is NS(=O)(=O)c1ccc2c(NC(=O)Cc3ccc4c(c3)OCCCO4)n[nH]c2c1. The average molecular weight is 402 g/mol. The van der Waals surface area contributed by atoms with Crippen LogP contribution in [0.4, 0.5) is 5.82 Å². The highest BCUT2D eigenvalue weighted by Crippen LogP contribution is 2.30. The van der Waals surface area contributed by atoms with Crippen LogP contribution in [0.15, 0.2) is 41.3 Å². The molecule has 1 aromatic heterocycles. The largest absolute Gasteiger partial charge is 0.490 e. The summed E-state index contributed by atoms with van der Waals surface area (Å²) in [7, 11) is -3.82. The molecule has 0 radical (unpaired) electrons. The summed E-state index contributed by atoms with van der Waals surface area (Å²) in [4.78, 5) is 12.4. The number of benzene rings is 2. The standard InChI is InChI=1S/C18H18N4O5S/c19-28(24,25)12-3-4-13-14(10-12)21-22-18(13)20-17(23)9-11-2-5-15-16(8-11)27-7-1-6-26-15/h2-5,8,10H,1,6-7,9H2,(H2,19,24,25)(H2,20,21,22,23). The fourth-order valence-electron chi connectivity index (χ4n) is 2.95. The van der Waals surface area contributed by atoms with Crippen LogP contribution in [0.25, 0.3) is 10.9 Å². The summed E-state index contributed by atoms with van der Waals surface area (Å²) in [6.07, 6.45) is 0.935. The van der Waals surface area contributed by atoms with Crippen LogP contribution in [0.3, 0.4) is 0 Å². The second-order valence-electron chi connectivity index (χ2n) is 6.38. The number of carbonyl (C=O) groups excluding carboxylic acids is 1. The number of primary sulfonamides is 1. The van der Waals surface area contributed by atoms with Crippen molar-refractivity contribution >= 4 is 32.7 Å². The Kier molecular flexibility index (Phi) is 4.65. The maximum atomic E-state index is 12.4. The van der Waals surface area contributed by atoms with E-state index in [-0.39, 0.29) is 17.2 Å². The lowest BCUT2D eigenvalue weighted by atomic mass is 10.1. The Morgan fingerprint density at radius 1 is 1.14 bits per heavy atom. The third-order valence-corrected chi connectivity index (χ3v) is 5.21. The number of hydrogen-bond acceptors (Lipinski definition) is 6. The number of carbonyl (C=O) groups is 1. The van der Waals surface area contributed by atoms with Crippen LogP contribution in [0, 0.1) is 0 Å². The van der Waals surface area contributed by atoms with Crippen molar-refractivity contribution in [1.82, 2.24) is 10.2 Å². The number of aromatic nitrogens is 2. The first-order valence-corrected chi connectivity index (χ1v) is 10.1. The molecule has 1 aliphatic heterocycles. The second kappa shape index (κ2) is 7.13. The Morgan fingerprint density at radius 2 is 1.93 bits per heavy atom. The zero-order valence-corrected chi connectivity index (χ0v) is 15.6. The van der Waals surface area contributed by atoms with Crippen LogP contribution in [0.5, 0.6) is 11.5 Å². The van der Waals surface area contributed by atoms with E-state index in [9.17, 15) is 13.2 Å². The third-order valence-electron chi connectivity index (χ3n) is 4.30. The average Bonchev–Trinajstić information content (AvgIpc) is 2.89. The van der Waals surface area contributed by atoms with Crippen LogP contribution in [-0.4, -0.2) is 37.7 Å². The molecule has 10 heteroatoms. The van der Waals surface area contributed by atoms with Gasteiger partial charge in [-0.2, -0.15) is 5.10 Å². The molecule has 1 amide bonds. The number of sulfonamides is 1. The number of hydrogen-bond donors (Lipinski definition) is 3. The molecule has 1 aliphatic rings. The highest BCUT2D eigenvalue weighted by Gasteiger charge is 2.15. The number of nitrogens with two attached hydrogens (primary N) is 1. The van der Waals surface area contributed by atoms with E-state index < -0.39 is 10.0 Å². The highest BCUT2D eigenvalue weighted by atomic mass is 32.2. The molecular weight excluding hydrogens is 384 g/mol. The van der Waals surface area contributed by atoms with Crippen molar-refractivity contribution in [2.24, 2.45) is 5.14 Å². The van der Waals surface area contributed by atoms with E-state index in [2.05, 4.69) is 15.5 Å². The lowest BCUT2D eigenvalue weighted by molar-refractivity contribution is -0.115. The van der Waals surface area contributed by atoms with Crippen LogP contribution >= 0.6 is 0 Å². The van der Waals surface area contributed by atoms with Crippen LogP contribution in [0.1, 0.15) is 12.0 Å². The number of H-pyrrole nitrogens is 1. The van der Waals surface area contributed by atoms with Crippen LogP contribution in [-0.2, 0) is 21.2 Å². The number of fused-ring (bicyclic) bond motifs is 2. The van der Waals surface area contributed by atoms with Gasteiger partial charge in [-0.3, -0.25) is 9.89 Å². The van der Waals surface area contributed by atoms with Crippen LogP contribution in [0.2, 0.25) is 0 Å². The normalized spacial score (nSPS) is 13.9. The van der Waals surface area contributed by atoms with E-state index in [1.807, 2.05) is 6.07 Å². The van der Waals surface area contributed by atoms with Crippen molar-refractivity contribution in [3.8, 4) is 11.5 Å². The summed E-state index contributed by atoms with van der Waals surface area (Å²) >= 11 is 0. The molecule has 0 aliphatic carbocycles. The predicted molar refractivity (Wildman–Crippen MR) is 102 cm³/mol. The zero-order chi connectivity index (χ0) is 19.7. The molecule has 3 aromatic rings. The second-order valence-corrected chi connectivity index (χ2v) is 7.94. The molecule has 0 atom stereocenters. The number of nitrogens with one attached hydrogen (secondary N) is 2. The lowest BCUT2D eigenvalue weighted by Crippen LogP contribution is -2.15. The Labute approximate surface area is 160 Å². The Bertz CT molecular complexity index is 1160. The number of anilines is 1. The summed E-state index contributed by atoms with van der Waals surface area (Å²) in [5.41, 5.74) is 1.23. The Morgan fingerprint density at radius 3 is 2.71 bits per heavy atom. The van der Waals surface area contributed by atoms with Gasteiger partial charge in [0.2, 0.25) is 15.9 Å². The van der Waals surface area contributed by atoms with E-state index >= 15 is 0 Å². The van der Waals surface area contributed by atoms with Gasteiger partial charge in [0.15, 0.2) is 17.3 Å². The molecular formula is C18H18N4O5S. The van der Waals surface area contributed by atoms with Gasteiger partial charge in [0.25, 0.3) is 0 Å². The molecule has 4 rings (SSSR count). The fourth-order valence-corrected chi connectivity index (χ4v) is 3.49. The number of nitrogens with zero attached hydrogens (tertiary/aromatic N) is 1. The number of aromatic amines is 1. The molecule has 146 valence electrons. The quantitative estimate of drug-likeness (QED) is 0.606. The molecule has 0 unspecified atom stereocenters. The van der Waals surface area contributed by atoms with Gasteiger partial charge in [0, 0.05) is 11.8 Å². The molecule has 0 saturated carbocycles. The van der Waals surface area contributed by atoms with Gasteiger partial charge in [0.1, 0.15) is 0 Å². The van der Waals surface area contributed by atoms with E-state index in [0.29, 0.717) is 41.4 Å². The van der Waals surface area contributed by atoms with Gasteiger partial charge in [-0.15, -0.1) is 0 Å². The molecule has 0 saturated heterocycles. The number of rotatable bonds is 4. The first-order valence-electron chi connectivity index (χ1n) is 8.59. The van der Waals surface area contributed by atoms with Crippen LogP contribution < -0.4 is 19.9 Å². The van der Waals surface area contributed by atoms with Gasteiger partial charge in [-0.25, -0.2) is 13.6 Å². The molecule has 2 aromatic carbocycles. The summed E-state index contributed by atoms with van der Waals surface area (Å²) < 4.78 is 34.1. The van der Waals surface area contributed by atoms with Gasteiger partial charge in [-0.1, -0.05) is 6.07 Å². The minimum absolute atomic E-state index is 0.0336. The zero-order valence-electron chi connectivity index (χ0n) is 14.8. The summed E-state index contributed by atoms with van der Waals surface area (Å²) in [5, 5.41) is 15.2. The first-order chi connectivity index (χ1) is 13.4. The smallest absolute Gasteiger partial charge is 0.238 e. The maximum Gasteiger partial charge on any atom is 0.238 e. The topological polar surface area (TPSA) is 136 Å². The minimum atomic E-state index is -3.82. The minimum Gasteiger partial charge on any atom is -0.490 e. The summed E-state index contributed by atoms with van der Waals surface area (Å²) in [6, 6.07) is 9.68. The molecule has 0 bridgehead atoms. The monoisotopic (exact) mass is 402 g/mol. The first kappa shape index (κ1) is 18.3.